The highest BCUT2D eigenvalue weighted by Gasteiger charge is 2.39. The second-order valence-corrected chi connectivity index (χ2v) is 4.88. The van der Waals surface area contributed by atoms with Crippen LogP contribution in [0.2, 0.25) is 0 Å². The molecule has 0 fully saturated rings. The van der Waals surface area contributed by atoms with Gasteiger partial charge >= 0.3 is 6.18 Å². The van der Waals surface area contributed by atoms with Crippen molar-refractivity contribution in [3.8, 4) is 5.75 Å². The number of rotatable bonds is 2. The van der Waals surface area contributed by atoms with E-state index >= 15 is 0 Å². The van der Waals surface area contributed by atoms with E-state index in [0.717, 1.165) is 18.2 Å². The number of alkyl halides is 3. The lowest BCUT2D eigenvalue weighted by molar-refractivity contribution is -0.137. The van der Waals surface area contributed by atoms with Crippen molar-refractivity contribution >= 4 is 17.5 Å². The number of amides is 2. The van der Waals surface area contributed by atoms with Crippen molar-refractivity contribution in [2.24, 2.45) is 0 Å². The lowest BCUT2D eigenvalue weighted by Gasteiger charge is -2.19. The highest BCUT2D eigenvalue weighted by Crippen LogP contribution is 2.39. The van der Waals surface area contributed by atoms with Gasteiger partial charge in [-0.05, 0) is 30.3 Å². The maximum absolute atomic E-state index is 12.9. The van der Waals surface area contributed by atoms with Crippen LogP contribution in [0.25, 0.3) is 0 Å². The zero-order valence-electron chi connectivity index (χ0n) is 11.8. The number of benzene rings is 2. The number of hydrogen-bond acceptors (Lipinski definition) is 3. The highest BCUT2D eigenvalue weighted by atomic mass is 19.4. The third-order valence-corrected chi connectivity index (χ3v) is 3.54. The Morgan fingerprint density at radius 1 is 0.957 bits per heavy atom. The molecule has 1 aliphatic heterocycles. The molecule has 0 saturated heterocycles. The van der Waals surface area contributed by atoms with Crippen molar-refractivity contribution in [1.82, 2.24) is 0 Å². The molecule has 4 nitrogen and oxygen atoms in total. The van der Waals surface area contributed by atoms with E-state index in [1.54, 1.807) is 12.1 Å². The molecule has 2 aromatic carbocycles. The predicted octanol–water partition coefficient (Wildman–Crippen LogP) is 3.51. The Morgan fingerprint density at radius 3 is 2.00 bits per heavy atom. The number of carbonyl (C=O) groups excluding carboxylic acids is 2. The molecule has 1 heterocycles. The van der Waals surface area contributed by atoms with Crippen LogP contribution in [0.5, 0.6) is 5.75 Å². The monoisotopic (exact) mass is 321 g/mol. The molecule has 2 aromatic rings. The van der Waals surface area contributed by atoms with Gasteiger partial charge in [-0.15, -0.1) is 0 Å². The van der Waals surface area contributed by atoms with E-state index in [0.29, 0.717) is 4.90 Å². The zero-order chi connectivity index (χ0) is 16.8. The Kier molecular flexibility index (Phi) is 3.35. The summed E-state index contributed by atoms with van der Waals surface area (Å²) in [6.45, 7) is 0. The fourth-order valence-electron chi connectivity index (χ4n) is 2.45. The van der Waals surface area contributed by atoms with Crippen LogP contribution in [0.1, 0.15) is 26.3 Å². The number of carbonyl (C=O) groups is 2. The quantitative estimate of drug-likeness (QED) is 0.795. The standard InChI is InChI=1S/C16H10F3NO3/c1-23-13-7-6-9(16(17,18)19)8-12(13)20-14(21)10-4-2-3-5-11(10)15(20)22/h2-8H,1H3. The minimum Gasteiger partial charge on any atom is -0.495 e. The summed E-state index contributed by atoms with van der Waals surface area (Å²) in [5, 5.41) is 0. The molecule has 0 bridgehead atoms. The molecule has 23 heavy (non-hydrogen) atoms. The number of nitrogens with zero attached hydrogens (tertiary/aromatic N) is 1. The molecule has 2 amide bonds. The fraction of sp³-hybridized carbons (Fsp3) is 0.125. The van der Waals surface area contributed by atoms with Gasteiger partial charge in [-0.2, -0.15) is 13.2 Å². The number of halogens is 3. The largest absolute Gasteiger partial charge is 0.495 e. The number of anilines is 1. The number of imide groups is 1. The molecule has 0 spiro atoms. The van der Waals surface area contributed by atoms with Gasteiger partial charge in [0.15, 0.2) is 0 Å². The molecule has 0 unspecified atom stereocenters. The minimum atomic E-state index is -4.60. The molecule has 7 heteroatoms. The Balaban J connectivity index is 2.16. The number of fused-ring (bicyclic) bond motifs is 1. The van der Waals surface area contributed by atoms with Gasteiger partial charge in [-0.3, -0.25) is 9.59 Å². The molecule has 0 saturated carbocycles. The summed E-state index contributed by atoms with van der Waals surface area (Å²) in [7, 11) is 1.25. The number of methoxy groups -OCH3 is 1. The van der Waals surface area contributed by atoms with Crippen molar-refractivity contribution in [3.63, 3.8) is 0 Å². The van der Waals surface area contributed by atoms with E-state index in [2.05, 4.69) is 0 Å². The molecule has 118 valence electrons. The molecule has 1 aliphatic rings. The fourth-order valence-corrected chi connectivity index (χ4v) is 2.45. The van der Waals surface area contributed by atoms with Crippen LogP contribution in [0.15, 0.2) is 42.5 Å². The average molecular weight is 321 g/mol. The van der Waals surface area contributed by atoms with Gasteiger partial charge in [-0.1, -0.05) is 12.1 Å². The van der Waals surface area contributed by atoms with Crippen LogP contribution in [0.3, 0.4) is 0 Å². The van der Waals surface area contributed by atoms with Crippen molar-refractivity contribution in [2.75, 3.05) is 12.0 Å². The molecule has 3 rings (SSSR count). The van der Waals surface area contributed by atoms with E-state index in [1.165, 1.54) is 19.2 Å². The summed E-state index contributed by atoms with van der Waals surface area (Å²) in [5.74, 6) is -1.35. The van der Waals surface area contributed by atoms with Crippen molar-refractivity contribution in [1.29, 1.82) is 0 Å². The molecule has 0 aromatic heterocycles. The van der Waals surface area contributed by atoms with Crippen LogP contribution < -0.4 is 9.64 Å². The van der Waals surface area contributed by atoms with Gasteiger partial charge < -0.3 is 4.74 Å². The lowest BCUT2D eigenvalue weighted by Crippen LogP contribution is -2.30. The first-order chi connectivity index (χ1) is 10.8. The van der Waals surface area contributed by atoms with Gasteiger partial charge in [-0.25, -0.2) is 4.90 Å². The van der Waals surface area contributed by atoms with Crippen molar-refractivity contribution in [3.05, 3.63) is 59.2 Å². The van der Waals surface area contributed by atoms with E-state index in [4.69, 9.17) is 4.74 Å². The molecule has 0 radical (unpaired) electrons. The molecular formula is C16H10F3NO3. The predicted molar refractivity (Wildman–Crippen MR) is 75.6 cm³/mol. The van der Waals surface area contributed by atoms with Crippen molar-refractivity contribution in [2.45, 2.75) is 6.18 Å². The number of ether oxygens (including phenoxy) is 1. The smallest absolute Gasteiger partial charge is 0.416 e. The maximum Gasteiger partial charge on any atom is 0.416 e. The average Bonchev–Trinajstić information content (AvgIpc) is 2.78. The van der Waals surface area contributed by atoms with Gasteiger partial charge in [0, 0.05) is 0 Å². The van der Waals surface area contributed by atoms with Crippen LogP contribution in [0, 0.1) is 0 Å². The third-order valence-electron chi connectivity index (χ3n) is 3.54. The van der Waals surface area contributed by atoms with Gasteiger partial charge in [0.2, 0.25) is 0 Å². The van der Waals surface area contributed by atoms with Gasteiger partial charge in [0.05, 0.1) is 29.5 Å². The SMILES string of the molecule is COc1ccc(C(F)(F)F)cc1N1C(=O)c2ccccc2C1=O. The first-order valence-corrected chi connectivity index (χ1v) is 6.57. The van der Waals surface area contributed by atoms with Crippen LogP contribution in [0.4, 0.5) is 18.9 Å². The first kappa shape index (κ1) is 15.1. The van der Waals surface area contributed by atoms with Gasteiger partial charge in [0.25, 0.3) is 11.8 Å². The first-order valence-electron chi connectivity index (χ1n) is 6.57. The molecule has 0 aliphatic carbocycles. The molecular weight excluding hydrogens is 311 g/mol. The third kappa shape index (κ3) is 2.34. The summed E-state index contributed by atoms with van der Waals surface area (Å²) < 4.78 is 43.8. The topological polar surface area (TPSA) is 46.6 Å². The molecule has 0 N–H and O–H groups in total. The summed E-state index contributed by atoms with van der Waals surface area (Å²) in [6, 6.07) is 8.72. The second-order valence-electron chi connectivity index (χ2n) is 4.88. The highest BCUT2D eigenvalue weighted by molar-refractivity contribution is 6.34. The van der Waals surface area contributed by atoms with E-state index in [9.17, 15) is 22.8 Å². The van der Waals surface area contributed by atoms with E-state index in [1.807, 2.05) is 0 Å². The van der Waals surface area contributed by atoms with Crippen LogP contribution in [-0.4, -0.2) is 18.9 Å². The maximum atomic E-state index is 12.9. The normalized spacial score (nSPS) is 14.2. The van der Waals surface area contributed by atoms with Crippen LogP contribution in [-0.2, 0) is 6.18 Å². The summed E-state index contributed by atoms with van der Waals surface area (Å²) in [5.41, 5.74) is -0.896. The summed E-state index contributed by atoms with van der Waals surface area (Å²) in [6.07, 6.45) is -4.60. The van der Waals surface area contributed by atoms with Crippen molar-refractivity contribution < 1.29 is 27.5 Å². The Hall–Kier alpha value is -2.83. The Morgan fingerprint density at radius 2 is 1.52 bits per heavy atom. The van der Waals surface area contributed by atoms with E-state index < -0.39 is 23.6 Å². The molecule has 0 atom stereocenters. The Labute approximate surface area is 129 Å². The second kappa shape index (κ2) is 5.12. The Bertz CT molecular complexity index is 779. The summed E-state index contributed by atoms with van der Waals surface area (Å²) in [4.78, 5) is 25.5. The zero-order valence-corrected chi connectivity index (χ0v) is 11.8. The minimum absolute atomic E-state index is 0.00695. The lowest BCUT2D eigenvalue weighted by atomic mass is 10.1. The van der Waals surface area contributed by atoms with Crippen LogP contribution >= 0.6 is 0 Å². The van der Waals surface area contributed by atoms with Gasteiger partial charge in [0.1, 0.15) is 5.75 Å². The van der Waals surface area contributed by atoms with E-state index in [-0.39, 0.29) is 22.6 Å². The summed E-state index contributed by atoms with van der Waals surface area (Å²) >= 11 is 0. The number of hydrogen-bond donors (Lipinski definition) is 0.